The van der Waals surface area contributed by atoms with Crippen molar-refractivity contribution in [1.29, 1.82) is 0 Å². The molecule has 1 atom stereocenters. The van der Waals surface area contributed by atoms with E-state index in [1.807, 2.05) is 0 Å². The lowest BCUT2D eigenvalue weighted by molar-refractivity contribution is 0.272. The highest BCUT2D eigenvalue weighted by Gasteiger charge is 2.16. The van der Waals surface area contributed by atoms with E-state index in [0.717, 1.165) is 0 Å². The van der Waals surface area contributed by atoms with Gasteiger partial charge >= 0.3 is 0 Å². The van der Waals surface area contributed by atoms with Gasteiger partial charge in [-0.3, -0.25) is 0 Å². The molecule has 0 aliphatic heterocycles. The molecule has 0 radical (unpaired) electrons. The van der Waals surface area contributed by atoms with Gasteiger partial charge in [0.2, 0.25) is 5.28 Å². The fourth-order valence-electron chi connectivity index (χ4n) is 0.890. The number of aliphatic hydroxyl groups excluding tert-OH is 1. The van der Waals surface area contributed by atoms with Crippen molar-refractivity contribution in [3.8, 4) is 0 Å². The van der Waals surface area contributed by atoms with Crippen LogP contribution in [0.3, 0.4) is 0 Å². The first kappa shape index (κ1) is 11.0. The van der Waals surface area contributed by atoms with Crippen LogP contribution in [0.2, 0.25) is 15.6 Å². The molecule has 0 bridgehead atoms. The van der Waals surface area contributed by atoms with E-state index in [1.165, 1.54) is 0 Å². The maximum absolute atomic E-state index is 8.90. The summed E-state index contributed by atoms with van der Waals surface area (Å²) in [7, 11) is 0. The zero-order valence-electron chi connectivity index (χ0n) is 6.76. The van der Waals surface area contributed by atoms with Crippen LogP contribution >= 0.6 is 34.8 Å². The van der Waals surface area contributed by atoms with Gasteiger partial charge in [0.25, 0.3) is 0 Å². The number of halogens is 3. The predicted molar refractivity (Wildman–Crippen MR) is 52.6 cm³/mol. The van der Waals surface area contributed by atoms with Gasteiger partial charge in [0.1, 0.15) is 10.3 Å². The molecule has 1 unspecified atom stereocenters. The van der Waals surface area contributed by atoms with E-state index < -0.39 is 0 Å². The lowest BCUT2D eigenvalue weighted by Crippen LogP contribution is -2.03. The molecule has 0 amide bonds. The number of aliphatic hydroxyl groups is 1. The zero-order chi connectivity index (χ0) is 10.0. The lowest BCUT2D eigenvalue weighted by Gasteiger charge is -2.10. The van der Waals surface area contributed by atoms with Crippen LogP contribution < -0.4 is 0 Å². The average Bonchev–Trinajstić information content (AvgIpc) is 2.02. The van der Waals surface area contributed by atoms with Crippen molar-refractivity contribution in [3.05, 3.63) is 21.2 Å². The number of nitrogens with zero attached hydrogens (tertiary/aromatic N) is 2. The maximum Gasteiger partial charge on any atom is 0.225 e. The third-order valence-corrected chi connectivity index (χ3v) is 2.34. The van der Waals surface area contributed by atoms with Crippen LogP contribution in [0.15, 0.2) is 0 Å². The lowest BCUT2D eigenvalue weighted by atomic mass is 10.1. The van der Waals surface area contributed by atoms with E-state index in [4.69, 9.17) is 39.9 Å². The highest BCUT2D eigenvalue weighted by atomic mass is 35.5. The van der Waals surface area contributed by atoms with E-state index in [1.54, 1.807) is 6.92 Å². The Morgan fingerprint density at radius 2 is 1.69 bits per heavy atom. The minimum absolute atomic E-state index is 0.00360. The largest absolute Gasteiger partial charge is 0.396 e. The van der Waals surface area contributed by atoms with Crippen LogP contribution in [0.5, 0.6) is 0 Å². The first-order valence-electron chi connectivity index (χ1n) is 3.55. The third-order valence-electron chi connectivity index (χ3n) is 1.59. The molecule has 1 aromatic heterocycles. The second kappa shape index (κ2) is 4.42. The van der Waals surface area contributed by atoms with Crippen LogP contribution in [0.25, 0.3) is 0 Å². The topological polar surface area (TPSA) is 46.0 Å². The number of hydrogen-bond donors (Lipinski definition) is 1. The molecule has 0 aliphatic rings. The molecule has 0 saturated heterocycles. The van der Waals surface area contributed by atoms with Crippen molar-refractivity contribution in [3.63, 3.8) is 0 Å². The van der Waals surface area contributed by atoms with Crippen molar-refractivity contribution in [2.75, 3.05) is 6.61 Å². The fourth-order valence-corrected chi connectivity index (χ4v) is 1.91. The van der Waals surface area contributed by atoms with E-state index in [9.17, 15) is 0 Å². The van der Waals surface area contributed by atoms with E-state index >= 15 is 0 Å². The minimum Gasteiger partial charge on any atom is -0.396 e. The van der Waals surface area contributed by atoms with Crippen molar-refractivity contribution < 1.29 is 5.11 Å². The van der Waals surface area contributed by atoms with E-state index in [0.29, 0.717) is 5.56 Å². The fraction of sp³-hybridized carbons (Fsp3) is 0.429. The molecule has 0 saturated carbocycles. The molecule has 3 nitrogen and oxygen atoms in total. The summed E-state index contributed by atoms with van der Waals surface area (Å²) in [5.74, 6) is -0.197. The molecular weight excluding hydrogens is 234 g/mol. The summed E-state index contributed by atoms with van der Waals surface area (Å²) < 4.78 is 0. The minimum atomic E-state index is -0.197. The van der Waals surface area contributed by atoms with Crippen LogP contribution in [-0.4, -0.2) is 21.7 Å². The Morgan fingerprint density at radius 1 is 1.23 bits per heavy atom. The smallest absolute Gasteiger partial charge is 0.225 e. The Balaban J connectivity index is 3.20. The Labute approximate surface area is 90.7 Å². The molecule has 0 spiro atoms. The van der Waals surface area contributed by atoms with Gasteiger partial charge in [-0.05, 0) is 11.6 Å². The van der Waals surface area contributed by atoms with E-state index in [-0.39, 0.29) is 28.1 Å². The summed E-state index contributed by atoms with van der Waals surface area (Å²) in [6.07, 6.45) is 0. The molecule has 6 heteroatoms. The van der Waals surface area contributed by atoms with Crippen molar-refractivity contribution in [1.82, 2.24) is 9.97 Å². The van der Waals surface area contributed by atoms with Gasteiger partial charge in [-0.15, -0.1) is 0 Å². The predicted octanol–water partition coefficient (Wildman–Crippen LogP) is 2.53. The van der Waals surface area contributed by atoms with Gasteiger partial charge in [0.05, 0.1) is 0 Å². The summed E-state index contributed by atoms with van der Waals surface area (Å²) in [4.78, 5) is 7.46. The Hall–Kier alpha value is -0.0900. The van der Waals surface area contributed by atoms with Gasteiger partial charge in [0, 0.05) is 18.1 Å². The molecule has 13 heavy (non-hydrogen) atoms. The van der Waals surface area contributed by atoms with Gasteiger partial charge in [0.15, 0.2) is 0 Å². The SMILES string of the molecule is CC(CO)c1c(Cl)nc(Cl)nc1Cl. The molecule has 1 rings (SSSR count). The highest BCUT2D eigenvalue weighted by molar-refractivity contribution is 6.36. The van der Waals surface area contributed by atoms with Gasteiger partial charge in [-0.25, -0.2) is 9.97 Å². The molecule has 1 heterocycles. The normalized spacial score (nSPS) is 13.0. The number of rotatable bonds is 2. The monoisotopic (exact) mass is 240 g/mol. The Bertz CT molecular complexity index is 296. The molecular formula is C7H7Cl3N2O. The molecule has 1 N–H and O–H groups in total. The van der Waals surface area contributed by atoms with Gasteiger partial charge in [-0.2, -0.15) is 0 Å². The first-order valence-corrected chi connectivity index (χ1v) is 4.69. The highest BCUT2D eigenvalue weighted by Crippen LogP contribution is 2.29. The molecule has 0 aliphatic carbocycles. The van der Waals surface area contributed by atoms with Crippen molar-refractivity contribution >= 4 is 34.8 Å². The van der Waals surface area contributed by atoms with Crippen LogP contribution in [0.1, 0.15) is 18.4 Å². The Kier molecular flexibility index (Phi) is 3.74. The summed E-state index contributed by atoms with van der Waals surface area (Å²) in [5.41, 5.74) is 0.523. The maximum atomic E-state index is 8.90. The summed E-state index contributed by atoms with van der Waals surface area (Å²) in [5, 5.41) is 9.28. The van der Waals surface area contributed by atoms with Gasteiger partial charge in [-0.1, -0.05) is 30.1 Å². The molecule has 1 aromatic rings. The van der Waals surface area contributed by atoms with Crippen LogP contribution in [0, 0.1) is 0 Å². The third kappa shape index (κ3) is 2.44. The second-order valence-electron chi connectivity index (χ2n) is 2.57. The molecule has 0 aromatic carbocycles. The average molecular weight is 242 g/mol. The second-order valence-corrected chi connectivity index (χ2v) is 3.63. The molecule has 0 fully saturated rings. The first-order chi connectivity index (χ1) is 6.06. The summed E-state index contributed by atoms with van der Waals surface area (Å²) in [6, 6.07) is 0. The standard InChI is InChI=1S/C7H7Cl3N2O/c1-3(2-13)4-5(8)11-7(10)12-6(4)9/h3,13H,2H2,1H3. The van der Waals surface area contributed by atoms with Crippen molar-refractivity contribution in [2.24, 2.45) is 0 Å². The van der Waals surface area contributed by atoms with Crippen molar-refractivity contribution in [2.45, 2.75) is 12.8 Å². The number of hydrogen-bond acceptors (Lipinski definition) is 3. The summed E-state index contributed by atoms with van der Waals surface area (Å²) >= 11 is 17.1. The quantitative estimate of drug-likeness (QED) is 0.639. The van der Waals surface area contributed by atoms with Gasteiger partial charge < -0.3 is 5.11 Å². The number of aromatic nitrogens is 2. The Morgan fingerprint density at radius 3 is 2.08 bits per heavy atom. The van der Waals surface area contributed by atoms with Crippen LogP contribution in [-0.2, 0) is 0 Å². The molecule has 72 valence electrons. The zero-order valence-corrected chi connectivity index (χ0v) is 9.03. The van der Waals surface area contributed by atoms with Crippen LogP contribution in [0.4, 0.5) is 0 Å². The van der Waals surface area contributed by atoms with E-state index in [2.05, 4.69) is 9.97 Å². The summed E-state index contributed by atoms with van der Waals surface area (Å²) in [6.45, 7) is 1.70.